The van der Waals surface area contributed by atoms with E-state index in [2.05, 4.69) is 14.1 Å². The molecule has 1 amide bonds. The highest BCUT2D eigenvalue weighted by Crippen LogP contribution is 2.16. The van der Waals surface area contributed by atoms with Gasteiger partial charge in [0.25, 0.3) is 0 Å². The van der Waals surface area contributed by atoms with E-state index in [4.69, 9.17) is 5.73 Å². The number of carbonyl (C=O) groups is 1. The fourth-order valence-electron chi connectivity index (χ4n) is 1.56. The van der Waals surface area contributed by atoms with Crippen molar-refractivity contribution in [3.05, 3.63) is 0 Å². The van der Waals surface area contributed by atoms with Gasteiger partial charge in [0.2, 0.25) is 5.91 Å². The Morgan fingerprint density at radius 1 is 1.67 bits per heavy atom. The van der Waals surface area contributed by atoms with Crippen LogP contribution in [0.4, 0.5) is 0 Å². The van der Waals surface area contributed by atoms with Gasteiger partial charge in [-0.25, -0.2) is 0 Å². The van der Waals surface area contributed by atoms with E-state index < -0.39 is 0 Å². The van der Waals surface area contributed by atoms with Crippen molar-refractivity contribution in [2.24, 2.45) is 5.73 Å². The summed E-state index contributed by atoms with van der Waals surface area (Å²) in [5.41, 5.74) is 5.77. The van der Waals surface area contributed by atoms with Gasteiger partial charge in [0.1, 0.15) is 0 Å². The summed E-state index contributed by atoms with van der Waals surface area (Å²) in [5, 5.41) is 0. The van der Waals surface area contributed by atoms with E-state index in [0.29, 0.717) is 12.1 Å². The molecule has 0 aliphatic carbocycles. The van der Waals surface area contributed by atoms with Gasteiger partial charge in [0, 0.05) is 19.5 Å². The highest BCUT2D eigenvalue weighted by atomic mass is 31.0. The number of nitrogens with zero attached hydrogens (tertiary/aromatic N) is 1. The molecule has 0 radical (unpaired) electrons. The van der Waals surface area contributed by atoms with Crippen molar-refractivity contribution in [2.75, 3.05) is 19.6 Å². The number of rotatable bonds is 3. The van der Waals surface area contributed by atoms with Gasteiger partial charge in [-0.05, 0) is 25.0 Å². The maximum Gasteiger partial charge on any atom is 0.218 e. The quantitative estimate of drug-likeness (QED) is 0.643. The molecule has 0 bridgehead atoms. The molecule has 0 aromatic heterocycles. The predicted octanol–water partition coefficient (Wildman–Crippen LogP) is 0.201. The molecular formula is C8H17N2OP. The van der Waals surface area contributed by atoms with Gasteiger partial charge >= 0.3 is 0 Å². The third-order valence-corrected chi connectivity index (χ3v) is 2.76. The number of likely N-dealkylation sites (tertiary alicyclic amines) is 1. The summed E-state index contributed by atoms with van der Waals surface area (Å²) in [4.78, 5) is 12.8. The second-order valence-corrected chi connectivity index (χ2v) is 4.36. The number of amides is 1. The average molecular weight is 188 g/mol. The largest absolute Gasteiger partial charge is 0.370 e. The van der Waals surface area contributed by atoms with Gasteiger partial charge in [0.05, 0.1) is 0 Å². The van der Waals surface area contributed by atoms with Gasteiger partial charge < -0.3 is 10.6 Å². The molecule has 0 saturated carbocycles. The van der Waals surface area contributed by atoms with E-state index in [1.807, 2.05) is 0 Å². The molecule has 12 heavy (non-hydrogen) atoms. The van der Waals surface area contributed by atoms with Crippen molar-refractivity contribution >= 4 is 15.1 Å². The lowest BCUT2D eigenvalue weighted by Gasteiger charge is -2.30. The number of piperidine rings is 1. The lowest BCUT2D eigenvalue weighted by Crippen LogP contribution is -2.37. The van der Waals surface area contributed by atoms with Crippen molar-refractivity contribution in [1.29, 1.82) is 0 Å². The first-order valence-electron chi connectivity index (χ1n) is 4.44. The second kappa shape index (κ2) is 4.78. The van der Waals surface area contributed by atoms with Crippen LogP contribution in [0.15, 0.2) is 0 Å². The van der Waals surface area contributed by atoms with Crippen LogP contribution in [0.5, 0.6) is 0 Å². The zero-order valence-electron chi connectivity index (χ0n) is 7.33. The van der Waals surface area contributed by atoms with Gasteiger partial charge in [-0.2, -0.15) is 0 Å². The smallest absolute Gasteiger partial charge is 0.218 e. The maximum absolute atomic E-state index is 10.5. The topological polar surface area (TPSA) is 46.3 Å². The Balaban J connectivity index is 2.18. The summed E-state index contributed by atoms with van der Waals surface area (Å²) in [5.74, 6) is -0.194. The number of primary amides is 1. The third-order valence-electron chi connectivity index (χ3n) is 2.22. The number of hydrogen-bond donors (Lipinski definition) is 1. The summed E-state index contributed by atoms with van der Waals surface area (Å²) in [6.07, 6.45) is 3.03. The van der Waals surface area contributed by atoms with Crippen molar-refractivity contribution in [2.45, 2.75) is 24.9 Å². The van der Waals surface area contributed by atoms with Crippen LogP contribution < -0.4 is 5.73 Å². The van der Waals surface area contributed by atoms with Gasteiger partial charge in [-0.3, -0.25) is 4.79 Å². The fourth-order valence-corrected chi connectivity index (χ4v) is 2.10. The van der Waals surface area contributed by atoms with Crippen LogP contribution in [-0.2, 0) is 4.79 Å². The van der Waals surface area contributed by atoms with Crippen LogP contribution in [-0.4, -0.2) is 36.1 Å². The summed E-state index contributed by atoms with van der Waals surface area (Å²) in [7, 11) is 2.85. The monoisotopic (exact) mass is 188 g/mol. The van der Waals surface area contributed by atoms with Crippen LogP contribution in [0.1, 0.15) is 19.3 Å². The highest BCUT2D eigenvalue weighted by molar-refractivity contribution is 7.17. The van der Waals surface area contributed by atoms with Crippen LogP contribution >= 0.6 is 9.24 Å². The van der Waals surface area contributed by atoms with Gasteiger partial charge in [-0.1, -0.05) is 0 Å². The summed E-state index contributed by atoms with van der Waals surface area (Å²) >= 11 is 0. The van der Waals surface area contributed by atoms with E-state index in [1.54, 1.807) is 0 Å². The summed E-state index contributed by atoms with van der Waals surface area (Å²) < 4.78 is 0. The zero-order chi connectivity index (χ0) is 8.97. The van der Waals surface area contributed by atoms with Crippen LogP contribution in [0.25, 0.3) is 0 Å². The Hall–Kier alpha value is -0.140. The second-order valence-electron chi connectivity index (χ2n) is 3.42. The lowest BCUT2D eigenvalue weighted by molar-refractivity contribution is -0.118. The van der Waals surface area contributed by atoms with E-state index in [-0.39, 0.29) is 5.91 Å². The molecule has 1 aliphatic rings. The van der Waals surface area contributed by atoms with E-state index >= 15 is 0 Å². The van der Waals surface area contributed by atoms with Crippen LogP contribution in [0.2, 0.25) is 0 Å². The molecule has 1 saturated heterocycles. The number of hydrogen-bond acceptors (Lipinski definition) is 2. The molecule has 1 heterocycles. The van der Waals surface area contributed by atoms with Crippen molar-refractivity contribution in [3.8, 4) is 0 Å². The minimum atomic E-state index is -0.194. The Morgan fingerprint density at radius 2 is 2.42 bits per heavy atom. The Bertz CT molecular complexity index is 163. The van der Waals surface area contributed by atoms with E-state index in [1.165, 1.54) is 12.8 Å². The SMILES string of the molecule is NC(=O)CCN1CCCC(P)C1. The molecule has 1 aliphatic heterocycles. The number of carbonyl (C=O) groups excluding carboxylic acids is 1. The Kier molecular flexibility index (Phi) is 3.96. The minimum absolute atomic E-state index is 0.194. The first kappa shape index (κ1) is 9.94. The molecule has 3 nitrogen and oxygen atoms in total. The van der Waals surface area contributed by atoms with Crippen molar-refractivity contribution in [3.63, 3.8) is 0 Å². The summed E-state index contributed by atoms with van der Waals surface area (Å²) in [6.45, 7) is 3.05. The molecule has 0 aromatic carbocycles. The summed E-state index contributed by atoms with van der Waals surface area (Å²) in [6, 6.07) is 0. The van der Waals surface area contributed by atoms with Gasteiger partial charge in [0.15, 0.2) is 0 Å². The van der Waals surface area contributed by atoms with E-state index in [0.717, 1.165) is 19.6 Å². The molecule has 1 rings (SSSR count). The zero-order valence-corrected chi connectivity index (χ0v) is 8.48. The normalized spacial score (nSPS) is 25.6. The van der Waals surface area contributed by atoms with Gasteiger partial charge in [-0.15, -0.1) is 9.24 Å². The Labute approximate surface area is 75.9 Å². The molecule has 0 aromatic rings. The Morgan fingerprint density at radius 3 is 3.00 bits per heavy atom. The molecule has 2 atom stereocenters. The first-order chi connectivity index (χ1) is 5.68. The maximum atomic E-state index is 10.5. The van der Waals surface area contributed by atoms with Crippen molar-refractivity contribution in [1.82, 2.24) is 4.90 Å². The lowest BCUT2D eigenvalue weighted by atomic mass is 10.1. The molecule has 0 spiro atoms. The fraction of sp³-hybridized carbons (Fsp3) is 0.875. The van der Waals surface area contributed by atoms with Crippen LogP contribution in [0, 0.1) is 0 Å². The van der Waals surface area contributed by atoms with E-state index in [9.17, 15) is 4.79 Å². The first-order valence-corrected chi connectivity index (χ1v) is 5.11. The molecular weight excluding hydrogens is 171 g/mol. The molecule has 1 fully saturated rings. The molecule has 4 heteroatoms. The molecule has 2 unspecified atom stereocenters. The average Bonchev–Trinajstić information content (AvgIpc) is 2.01. The molecule has 70 valence electrons. The number of nitrogens with two attached hydrogens (primary N) is 1. The third kappa shape index (κ3) is 3.51. The van der Waals surface area contributed by atoms with Crippen molar-refractivity contribution < 1.29 is 4.79 Å². The van der Waals surface area contributed by atoms with Crippen LogP contribution in [0.3, 0.4) is 0 Å². The molecule has 2 N–H and O–H groups in total. The predicted molar refractivity (Wildman–Crippen MR) is 53.0 cm³/mol. The minimum Gasteiger partial charge on any atom is -0.370 e. The standard InChI is InChI=1S/C8H17N2OP/c9-8(11)3-5-10-4-1-2-7(12)6-10/h7H,1-6,12H2,(H2,9,11). The highest BCUT2D eigenvalue weighted by Gasteiger charge is 2.15.